The SMILES string of the molecule is CC(N)(CC(=O)O)C1CCC(N)C(C(=O)O)C1. The molecule has 0 bridgehead atoms. The van der Waals surface area contributed by atoms with Crippen molar-refractivity contribution in [3.05, 3.63) is 0 Å². The summed E-state index contributed by atoms with van der Waals surface area (Å²) in [5, 5.41) is 17.8. The van der Waals surface area contributed by atoms with Gasteiger partial charge in [-0.25, -0.2) is 0 Å². The number of rotatable bonds is 4. The monoisotopic (exact) mass is 244 g/mol. The average Bonchev–Trinajstić information content (AvgIpc) is 2.15. The molecule has 98 valence electrons. The minimum absolute atomic E-state index is 0.112. The van der Waals surface area contributed by atoms with Crippen LogP contribution < -0.4 is 11.5 Å². The maximum absolute atomic E-state index is 11.0. The Balaban J connectivity index is 2.73. The van der Waals surface area contributed by atoms with E-state index < -0.39 is 23.4 Å². The summed E-state index contributed by atoms with van der Waals surface area (Å²) in [5.74, 6) is -2.62. The summed E-state index contributed by atoms with van der Waals surface area (Å²) < 4.78 is 0. The summed E-state index contributed by atoms with van der Waals surface area (Å²) in [6.07, 6.45) is 1.47. The molecule has 0 aromatic heterocycles. The molecule has 0 heterocycles. The Bertz CT molecular complexity index is 317. The van der Waals surface area contributed by atoms with E-state index in [2.05, 4.69) is 0 Å². The summed E-state index contributed by atoms with van der Waals surface area (Å²) in [6.45, 7) is 1.67. The lowest BCUT2D eigenvalue weighted by molar-refractivity contribution is -0.144. The molecule has 0 radical (unpaired) electrons. The number of carboxylic acid groups (broad SMARTS) is 2. The third-order valence-electron chi connectivity index (χ3n) is 3.69. The van der Waals surface area contributed by atoms with Crippen LogP contribution in [0, 0.1) is 11.8 Å². The van der Waals surface area contributed by atoms with Gasteiger partial charge in [0.2, 0.25) is 0 Å². The van der Waals surface area contributed by atoms with Crippen LogP contribution in [0.1, 0.15) is 32.6 Å². The molecule has 0 amide bonds. The van der Waals surface area contributed by atoms with Gasteiger partial charge in [0.1, 0.15) is 0 Å². The molecule has 1 aliphatic rings. The Morgan fingerprint density at radius 2 is 1.94 bits per heavy atom. The molecule has 1 aliphatic carbocycles. The molecule has 0 saturated heterocycles. The third-order valence-corrected chi connectivity index (χ3v) is 3.69. The van der Waals surface area contributed by atoms with Crippen LogP contribution in [0.15, 0.2) is 0 Å². The molecule has 1 saturated carbocycles. The third kappa shape index (κ3) is 3.41. The normalized spacial score (nSPS) is 32.8. The van der Waals surface area contributed by atoms with Crippen molar-refractivity contribution in [3.8, 4) is 0 Å². The smallest absolute Gasteiger partial charge is 0.308 e. The molecule has 4 atom stereocenters. The summed E-state index contributed by atoms with van der Waals surface area (Å²) in [7, 11) is 0. The minimum atomic E-state index is -0.961. The van der Waals surface area contributed by atoms with Gasteiger partial charge in [-0.1, -0.05) is 0 Å². The first kappa shape index (κ1) is 13.9. The molecule has 17 heavy (non-hydrogen) atoms. The molecule has 0 spiro atoms. The fourth-order valence-electron chi connectivity index (χ4n) is 2.55. The summed E-state index contributed by atoms with van der Waals surface area (Å²) >= 11 is 0. The predicted octanol–water partition coefficient (Wildman–Crippen LogP) is 0.00670. The number of carbonyl (C=O) groups is 2. The maximum atomic E-state index is 11.0. The number of aliphatic carboxylic acids is 2. The molecule has 6 N–H and O–H groups in total. The van der Waals surface area contributed by atoms with E-state index in [-0.39, 0.29) is 18.4 Å². The summed E-state index contributed by atoms with van der Waals surface area (Å²) in [4.78, 5) is 21.7. The summed E-state index contributed by atoms with van der Waals surface area (Å²) in [6, 6.07) is -0.357. The molecule has 0 aromatic carbocycles. The van der Waals surface area contributed by atoms with Crippen LogP contribution >= 0.6 is 0 Å². The second-order valence-electron chi connectivity index (χ2n) is 5.19. The number of nitrogens with two attached hydrogens (primary N) is 2. The van der Waals surface area contributed by atoms with Crippen LogP contribution in [-0.4, -0.2) is 33.7 Å². The van der Waals surface area contributed by atoms with E-state index in [9.17, 15) is 9.59 Å². The average molecular weight is 244 g/mol. The molecular formula is C11H20N2O4. The van der Waals surface area contributed by atoms with Gasteiger partial charge in [-0.05, 0) is 32.1 Å². The highest BCUT2D eigenvalue weighted by molar-refractivity contribution is 5.71. The number of carboxylic acids is 2. The second kappa shape index (κ2) is 5.01. The van der Waals surface area contributed by atoms with E-state index in [1.54, 1.807) is 6.92 Å². The predicted molar refractivity (Wildman–Crippen MR) is 61.3 cm³/mol. The Labute approximate surface area is 100.0 Å². The van der Waals surface area contributed by atoms with Crippen LogP contribution in [0.5, 0.6) is 0 Å². The zero-order chi connectivity index (χ0) is 13.2. The van der Waals surface area contributed by atoms with Gasteiger partial charge in [-0.2, -0.15) is 0 Å². The van der Waals surface area contributed by atoms with Crippen LogP contribution in [0.4, 0.5) is 0 Å². The van der Waals surface area contributed by atoms with Crippen molar-refractivity contribution in [2.75, 3.05) is 0 Å². The lowest BCUT2D eigenvalue weighted by Crippen LogP contribution is -2.51. The fourth-order valence-corrected chi connectivity index (χ4v) is 2.55. The van der Waals surface area contributed by atoms with Crippen molar-refractivity contribution in [2.45, 2.75) is 44.2 Å². The van der Waals surface area contributed by atoms with Crippen molar-refractivity contribution in [1.82, 2.24) is 0 Å². The van der Waals surface area contributed by atoms with E-state index >= 15 is 0 Å². The van der Waals surface area contributed by atoms with Crippen molar-refractivity contribution in [2.24, 2.45) is 23.3 Å². The van der Waals surface area contributed by atoms with Crippen molar-refractivity contribution in [3.63, 3.8) is 0 Å². The van der Waals surface area contributed by atoms with Crippen molar-refractivity contribution >= 4 is 11.9 Å². The van der Waals surface area contributed by atoms with Crippen LogP contribution in [0.2, 0.25) is 0 Å². The Morgan fingerprint density at radius 3 is 2.41 bits per heavy atom. The topological polar surface area (TPSA) is 127 Å². The maximum Gasteiger partial charge on any atom is 0.308 e. The highest BCUT2D eigenvalue weighted by Crippen LogP contribution is 2.35. The minimum Gasteiger partial charge on any atom is -0.481 e. The Hall–Kier alpha value is -1.14. The zero-order valence-electron chi connectivity index (χ0n) is 9.93. The van der Waals surface area contributed by atoms with E-state index in [1.807, 2.05) is 0 Å². The lowest BCUT2D eigenvalue weighted by atomic mass is 9.69. The van der Waals surface area contributed by atoms with E-state index in [1.165, 1.54) is 0 Å². The van der Waals surface area contributed by atoms with Crippen molar-refractivity contribution < 1.29 is 19.8 Å². The number of hydrogen-bond donors (Lipinski definition) is 4. The van der Waals surface area contributed by atoms with Crippen LogP contribution in [-0.2, 0) is 9.59 Å². The van der Waals surface area contributed by atoms with E-state index in [0.29, 0.717) is 19.3 Å². The van der Waals surface area contributed by atoms with Gasteiger partial charge in [0.25, 0.3) is 0 Å². The second-order valence-corrected chi connectivity index (χ2v) is 5.19. The van der Waals surface area contributed by atoms with Gasteiger partial charge in [0.05, 0.1) is 12.3 Å². The molecule has 0 aliphatic heterocycles. The first-order valence-corrected chi connectivity index (χ1v) is 5.73. The lowest BCUT2D eigenvalue weighted by Gasteiger charge is -2.40. The Kier molecular flexibility index (Phi) is 4.11. The first-order valence-electron chi connectivity index (χ1n) is 5.73. The van der Waals surface area contributed by atoms with Gasteiger partial charge in [0.15, 0.2) is 0 Å². The van der Waals surface area contributed by atoms with Gasteiger partial charge in [0, 0.05) is 11.6 Å². The van der Waals surface area contributed by atoms with Crippen LogP contribution in [0.25, 0.3) is 0 Å². The van der Waals surface area contributed by atoms with Gasteiger partial charge in [-0.15, -0.1) is 0 Å². The standard InChI is InChI=1S/C11H20N2O4/c1-11(13,5-9(14)15)6-2-3-8(12)7(4-6)10(16)17/h6-8H,2-5,12-13H2,1H3,(H,14,15)(H,16,17). The highest BCUT2D eigenvalue weighted by atomic mass is 16.4. The fraction of sp³-hybridized carbons (Fsp3) is 0.818. The molecular weight excluding hydrogens is 224 g/mol. The zero-order valence-corrected chi connectivity index (χ0v) is 9.93. The van der Waals surface area contributed by atoms with E-state index in [4.69, 9.17) is 21.7 Å². The largest absolute Gasteiger partial charge is 0.481 e. The van der Waals surface area contributed by atoms with Gasteiger partial charge < -0.3 is 21.7 Å². The first-order chi connectivity index (χ1) is 7.74. The molecule has 4 unspecified atom stereocenters. The molecule has 1 fully saturated rings. The van der Waals surface area contributed by atoms with Gasteiger partial charge >= 0.3 is 11.9 Å². The molecule has 6 nitrogen and oxygen atoms in total. The highest BCUT2D eigenvalue weighted by Gasteiger charge is 2.41. The Morgan fingerprint density at radius 1 is 1.35 bits per heavy atom. The van der Waals surface area contributed by atoms with Gasteiger partial charge in [-0.3, -0.25) is 9.59 Å². The number of hydrogen-bond acceptors (Lipinski definition) is 4. The summed E-state index contributed by atoms with van der Waals surface area (Å²) in [5.41, 5.74) is 10.9. The van der Waals surface area contributed by atoms with E-state index in [0.717, 1.165) is 0 Å². The molecule has 0 aromatic rings. The molecule has 1 rings (SSSR count). The van der Waals surface area contributed by atoms with Crippen LogP contribution in [0.3, 0.4) is 0 Å². The molecule has 6 heteroatoms. The van der Waals surface area contributed by atoms with Crippen molar-refractivity contribution in [1.29, 1.82) is 0 Å². The quantitative estimate of drug-likeness (QED) is 0.551.